The van der Waals surface area contributed by atoms with Gasteiger partial charge in [0.25, 0.3) is 0 Å². The molecule has 0 radical (unpaired) electrons. The van der Waals surface area contributed by atoms with Gasteiger partial charge in [0.1, 0.15) is 5.82 Å². The van der Waals surface area contributed by atoms with Gasteiger partial charge in [0.2, 0.25) is 0 Å². The quantitative estimate of drug-likeness (QED) is 0.381. The van der Waals surface area contributed by atoms with Gasteiger partial charge in [-0.2, -0.15) is 5.10 Å². The van der Waals surface area contributed by atoms with E-state index in [4.69, 9.17) is 4.98 Å². The zero-order valence-corrected chi connectivity index (χ0v) is 18.4. The van der Waals surface area contributed by atoms with Crippen molar-refractivity contribution in [1.82, 2.24) is 25.5 Å². The third kappa shape index (κ3) is 3.72. The van der Waals surface area contributed by atoms with Crippen LogP contribution in [-0.2, 0) is 6.54 Å². The summed E-state index contributed by atoms with van der Waals surface area (Å²) in [5, 5.41) is 15.2. The highest BCUT2D eigenvalue weighted by Gasteiger charge is 2.38. The molecule has 6 rings (SSSR count). The molecule has 0 saturated heterocycles. The highest BCUT2D eigenvalue weighted by atomic mass is 32.1. The molecule has 0 spiro atoms. The average molecular weight is 431 g/mol. The molecule has 0 aliphatic heterocycles. The van der Waals surface area contributed by atoms with Crippen molar-refractivity contribution >= 4 is 32.5 Å². The average Bonchev–Trinajstić information content (AvgIpc) is 3.56. The first-order chi connectivity index (χ1) is 15.2. The van der Waals surface area contributed by atoms with Gasteiger partial charge in [0.05, 0.1) is 16.4 Å². The highest BCUT2D eigenvalue weighted by molar-refractivity contribution is 7.22. The van der Waals surface area contributed by atoms with Crippen LogP contribution in [0.1, 0.15) is 36.9 Å². The summed E-state index contributed by atoms with van der Waals surface area (Å²) in [5.41, 5.74) is 5.61. The fourth-order valence-corrected chi connectivity index (χ4v) is 6.21. The maximum absolute atomic E-state index is 4.75. The molecule has 2 aliphatic carbocycles. The minimum atomic E-state index is 0.695. The van der Waals surface area contributed by atoms with Gasteiger partial charge >= 0.3 is 0 Å². The molecule has 0 amide bonds. The van der Waals surface area contributed by atoms with E-state index >= 15 is 0 Å². The monoisotopic (exact) mass is 430 g/mol. The zero-order chi connectivity index (χ0) is 20.8. The van der Waals surface area contributed by atoms with Crippen LogP contribution >= 0.6 is 11.3 Å². The molecule has 3 atom stereocenters. The number of hydrogen-bond donors (Lipinski definition) is 3. The molecular weight excluding hydrogens is 404 g/mol. The summed E-state index contributed by atoms with van der Waals surface area (Å²) in [6, 6.07) is 11.3. The minimum Gasteiger partial charge on any atom is -0.316 e. The number of aryl methyl sites for hydroxylation is 1. The first-order valence-electron chi connectivity index (χ1n) is 11.1. The minimum absolute atomic E-state index is 0.695. The summed E-state index contributed by atoms with van der Waals surface area (Å²) in [4.78, 5) is 9.25. The molecule has 2 aliphatic rings. The fraction of sp³-hybridized carbons (Fsp3) is 0.375. The molecule has 3 aromatic heterocycles. The van der Waals surface area contributed by atoms with E-state index in [9.17, 15) is 0 Å². The van der Waals surface area contributed by atoms with Crippen molar-refractivity contribution in [2.75, 3.05) is 5.32 Å². The number of thiazole rings is 1. The Hall–Kier alpha value is -2.77. The molecule has 1 unspecified atom stereocenters. The lowest BCUT2D eigenvalue weighted by Gasteiger charge is -2.23. The van der Waals surface area contributed by atoms with Gasteiger partial charge in [-0.25, -0.2) is 9.97 Å². The van der Waals surface area contributed by atoms with Crippen molar-refractivity contribution in [3.05, 3.63) is 54.0 Å². The summed E-state index contributed by atoms with van der Waals surface area (Å²) in [5.74, 6) is 2.70. The molecule has 7 heteroatoms. The predicted molar refractivity (Wildman–Crippen MR) is 126 cm³/mol. The normalized spacial score (nSPS) is 22.4. The highest BCUT2D eigenvalue weighted by Crippen LogP contribution is 2.44. The largest absolute Gasteiger partial charge is 0.316 e. The smallest absolute Gasteiger partial charge is 0.189 e. The molecule has 3 N–H and O–H groups in total. The van der Waals surface area contributed by atoms with E-state index in [2.05, 4.69) is 56.1 Å². The Morgan fingerprint density at radius 2 is 2.13 bits per heavy atom. The lowest BCUT2D eigenvalue weighted by Crippen LogP contribution is -2.33. The number of benzene rings is 1. The summed E-state index contributed by atoms with van der Waals surface area (Å²) in [7, 11) is 0. The van der Waals surface area contributed by atoms with E-state index in [1.165, 1.54) is 31.2 Å². The third-order valence-corrected chi connectivity index (χ3v) is 7.83. The van der Waals surface area contributed by atoms with Gasteiger partial charge in [0, 0.05) is 30.0 Å². The summed E-state index contributed by atoms with van der Waals surface area (Å²) in [6.45, 7) is 2.94. The lowest BCUT2D eigenvalue weighted by atomic mass is 9.95. The van der Waals surface area contributed by atoms with Gasteiger partial charge in [0.15, 0.2) is 5.13 Å². The Kier molecular flexibility index (Phi) is 4.73. The molecule has 6 nitrogen and oxygen atoms in total. The molecule has 31 heavy (non-hydrogen) atoms. The first kappa shape index (κ1) is 19.0. The van der Waals surface area contributed by atoms with Crippen LogP contribution < -0.4 is 10.6 Å². The second-order valence-electron chi connectivity index (χ2n) is 8.95. The first-order valence-corrected chi connectivity index (χ1v) is 11.9. The molecule has 3 heterocycles. The molecule has 2 fully saturated rings. The number of aromatic amines is 1. The Morgan fingerprint density at radius 3 is 2.94 bits per heavy atom. The maximum Gasteiger partial charge on any atom is 0.189 e. The molecule has 2 bridgehead atoms. The van der Waals surface area contributed by atoms with Gasteiger partial charge < -0.3 is 10.6 Å². The van der Waals surface area contributed by atoms with E-state index in [1.54, 1.807) is 11.3 Å². The predicted octanol–water partition coefficient (Wildman–Crippen LogP) is 5.41. The number of pyridine rings is 1. The van der Waals surface area contributed by atoms with Crippen molar-refractivity contribution in [2.45, 2.75) is 45.2 Å². The molecule has 2 saturated carbocycles. The van der Waals surface area contributed by atoms with Crippen LogP contribution in [0.5, 0.6) is 0 Å². The van der Waals surface area contributed by atoms with Crippen molar-refractivity contribution in [3.63, 3.8) is 0 Å². The number of aromatic nitrogens is 4. The summed E-state index contributed by atoms with van der Waals surface area (Å²) >= 11 is 1.65. The van der Waals surface area contributed by atoms with Crippen molar-refractivity contribution in [2.24, 2.45) is 11.8 Å². The standard InChI is InChI=1S/C24H26N6S/c1-14-19(13-27-30-14)17-4-5-20-22(11-17)31-24(28-20)29-23-10-16(6-7-25-23)12-26-21-9-15-2-3-18(21)8-15/h4-7,10-11,13,15,18,21,26H,2-3,8-9,12H2,1H3,(H,27,30)(H,25,28,29)/t15-,18+,21?/m1/s1. The SMILES string of the molecule is Cc1[nH]ncc1-c1ccc2nc(Nc3cc(CNC4C[C@@H]5CC[C@H]4C5)ccn3)sc2c1. The van der Waals surface area contributed by atoms with E-state index in [0.717, 1.165) is 56.4 Å². The Balaban J connectivity index is 1.16. The van der Waals surface area contributed by atoms with E-state index in [1.807, 2.05) is 19.3 Å². The second-order valence-corrected chi connectivity index (χ2v) is 9.98. The number of nitrogens with zero attached hydrogens (tertiary/aromatic N) is 3. The maximum atomic E-state index is 4.75. The Bertz CT molecular complexity index is 1230. The number of nitrogens with one attached hydrogen (secondary N) is 3. The van der Waals surface area contributed by atoms with Gasteiger partial charge in [-0.3, -0.25) is 5.10 Å². The third-order valence-electron chi connectivity index (χ3n) is 6.90. The second kappa shape index (κ2) is 7.73. The topological polar surface area (TPSA) is 78.5 Å². The van der Waals surface area contributed by atoms with E-state index in [-0.39, 0.29) is 0 Å². The van der Waals surface area contributed by atoms with Crippen molar-refractivity contribution in [3.8, 4) is 11.1 Å². The molecule has 1 aromatic carbocycles. The van der Waals surface area contributed by atoms with Crippen LogP contribution in [0, 0.1) is 18.8 Å². The number of H-pyrrole nitrogens is 1. The summed E-state index contributed by atoms with van der Waals surface area (Å²) in [6.07, 6.45) is 9.39. The Morgan fingerprint density at radius 1 is 1.16 bits per heavy atom. The number of anilines is 2. The van der Waals surface area contributed by atoms with Gasteiger partial charge in [-0.1, -0.05) is 23.8 Å². The van der Waals surface area contributed by atoms with Gasteiger partial charge in [-0.15, -0.1) is 0 Å². The Labute approximate surface area is 185 Å². The van der Waals surface area contributed by atoms with Crippen molar-refractivity contribution in [1.29, 1.82) is 0 Å². The van der Waals surface area contributed by atoms with Crippen LogP contribution in [0.3, 0.4) is 0 Å². The van der Waals surface area contributed by atoms with Crippen LogP contribution in [0.15, 0.2) is 42.7 Å². The summed E-state index contributed by atoms with van der Waals surface area (Å²) < 4.78 is 1.15. The van der Waals surface area contributed by atoms with Gasteiger partial charge in [-0.05, 0) is 73.4 Å². The van der Waals surface area contributed by atoms with Crippen molar-refractivity contribution < 1.29 is 0 Å². The van der Waals surface area contributed by atoms with Crippen LogP contribution in [0.4, 0.5) is 10.9 Å². The lowest BCUT2D eigenvalue weighted by molar-refractivity contribution is 0.350. The number of hydrogen-bond acceptors (Lipinski definition) is 6. The van der Waals surface area contributed by atoms with E-state index in [0.29, 0.717) is 6.04 Å². The molecule has 158 valence electrons. The van der Waals surface area contributed by atoms with Crippen LogP contribution in [-0.4, -0.2) is 26.2 Å². The molecule has 4 aromatic rings. The number of fused-ring (bicyclic) bond motifs is 3. The number of rotatable bonds is 6. The fourth-order valence-electron chi connectivity index (χ4n) is 5.29. The molecular formula is C24H26N6S. The zero-order valence-electron chi connectivity index (χ0n) is 17.6. The van der Waals surface area contributed by atoms with Crippen LogP contribution in [0.25, 0.3) is 21.3 Å². The van der Waals surface area contributed by atoms with Crippen LogP contribution in [0.2, 0.25) is 0 Å². The van der Waals surface area contributed by atoms with E-state index < -0.39 is 0 Å².